The lowest BCUT2D eigenvalue weighted by Gasteiger charge is -2.10. The molecule has 0 aliphatic carbocycles. The van der Waals surface area contributed by atoms with Crippen LogP contribution in [0.5, 0.6) is 0 Å². The minimum Gasteiger partial charge on any atom is -0.396 e. The van der Waals surface area contributed by atoms with Gasteiger partial charge in [0, 0.05) is 25.8 Å². The lowest BCUT2D eigenvalue weighted by molar-refractivity contribution is 0.283. The highest BCUT2D eigenvalue weighted by molar-refractivity contribution is 5.55. The Balaban J connectivity index is 2.41. The minimum absolute atomic E-state index is 0.274. The quantitative estimate of drug-likeness (QED) is 0.611. The van der Waals surface area contributed by atoms with Gasteiger partial charge in [0.05, 0.1) is 0 Å². The summed E-state index contributed by atoms with van der Waals surface area (Å²) in [5.74, 6) is 1.73. The second-order valence-corrected chi connectivity index (χ2v) is 3.66. The molecule has 5 heteroatoms. The summed E-state index contributed by atoms with van der Waals surface area (Å²) >= 11 is 0. The Kier molecular flexibility index (Phi) is 5.56. The van der Waals surface area contributed by atoms with E-state index in [2.05, 4.69) is 20.6 Å². The summed E-state index contributed by atoms with van der Waals surface area (Å²) in [6.07, 6.45) is 4.49. The minimum atomic E-state index is 0.274. The fourth-order valence-electron chi connectivity index (χ4n) is 1.50. The van der Waals surface area contributed by atoms with Gasteiger partial charge in [-0.05, 0) is 26.2 Å². The monoisotopic (exact) mass is 224 g/mol. The number of aliphatic hydroxyl groups excluding tert-OH is 1. The van der Waals surface area contributed by atoms with Crippen LogP contribution in [0.1, 0.15) is 24.8 Å². The van der Waals surface area contributed by atoms with Crippen LogP contribution in [0, 0.1) is 6.92 Å². The topological polar surface area (TPSA) is 70.1 Å². The fraction of sp³-hybridized carbons (Fsp3) is 0.636. The second-order valence-electron chi connectivity index (χ2n) is 3.66. The molecule has 0 aliphatic heterocycles. The van der Waals surface area contributed by atoms with E-state index in [1.165, 1.54) is 0 Å². The Morgan fingerprint density at radius 2 is 1.94 bits per heavy atom. The standard InChI is InChI=1S/C11H20N4O/c1-9-10(12-2)14-8-15-11(9)13-6-4-3-5-7-16/h8,16H,3-7H2,1-2H3,(H2,12,13,14,15). The van der Waals surface area contributed by atoms with Crippen molar-refractivity contribution in [3.05, 3.63) is 11.9 Å². The molecule has 0 radical (unpaired) electrons. The SMILES string of the molecule is CNc1ncnc(NCCCCCO)c1C. The zero-order valence-electron chi connectivity index (χ0n) is 9.95. The number of aliphatic hydroxyl groups is 1. The first-order valence-corrected chi connectivity index (χ1v) is 5.63. The van der Waals surface area contributed by atoms with E-state index in [9.17, 15) is 0 Å². The van der Waals surface area contributed by atoms with Crippen LogP contribution in [-0.2, 0) is 0 Å². The third kappa shape index (κ3) is 3.66. The number of nitrogens with zero attached hydrogens (tertiary/aromatic N) is 2. The van der Waals surface area contributed by atoms with Gasteiger partial charge in [-0.1, -0.05) is 0 Å². The Morgan fingerprint density at radius 3 is 2.62 bits per heavy atom. The number of hydrogen-bond donors (Lipinski definition) is 3. The van der Waals surface area contributed by atoms with Gasteiger partial charge in [-0.3, -0.25) is 0 Å². The summed E-state index contributed by atoms with van der Waals surface area (Å²) in [6.45, 7) is 3.14. The molecular weight excluding hydrogens is 204 g/mol. The van der Waals surface area contributed by atoms with Gasteiger partial charge in [-0.25, -0.2) is 9.97 Å². The summed E-state index contributed by atoms with van der Waals surface area (Å²) in [4.78, 5) is 8.31. The Morgan fingerprint density at radius 1 is 1.19 bits per heavy atom. The molecule has 16 heavy (non-hydrogen) atoms. The molecule has 0 fully saturated rings. The first-order chi connectivity index (χ1) is 7.79. The highest BCUT2D eigenvalue weighted by atomic mass is 16.2. The van der Waals surface area contributed by atoms with Gasteiger partial charge in [0.2, 0.25) is 0 Å². The first kappa shape index (κ1) is 12.7. The molecule has 0 spiro atoms. The molecule has 1 rings (SSSR count). The summed E-state index contributed by atoms with van der Waals surface area (Å²) in [6, 6.07) is 0. The number of unbranched alkanes of at least 4 members (excludes halogenated alkanes) is 2. The molecule has 1 aromatic rings. The van der Waals surface area contributed by atoms with Crippen LogP contribution in [0.15, 0.2) is 6.33 Å². The molecule has 0 aromatic carbocycles. The van der Waals surface area contributed by atoms with E-state index in [1.807, 2.05) is 14.0 Å². The predicted octanol–water partition coefficient (Wildman–Crippen LogP) is 1.40. The molecule has 0 bridgehead atoms. The molecular formula is C11H20N4O. The third-order valence-corrected chi connectivity index (χ3v) is 2.45. The Labute approximate surface area is 96.3 Å². The molecule has 1 aromatic heterocycles. The van der Waals surface area contributed by atoms with Crippen molar-refractivity contribution in [1.82, 2.24) is 9.97 Å². The lowest BCUT2D eigenvalue weighted by atomic mass is 10.2. The van der Waals surface area contributed by atoms with Crippen LogP contribution in [0.25, 0.3) is 0 Å². The average Bonchev–Trinajstić information content (AvgIpc) is 2.31. The van der Waals surface area contributed by atoms with Crippen molar-refractivity contribution in [2.24, 2.45) is 0 Å². The normalized spacial score (nSPS) is 10.2. The van der Waals surface area contributed by atoms with E-state index in [-0.39, 0.29) is 6.61 Å². The first-order valence-electron chi connectivity index (χ1n) is 5.63. The van der Waals surface area contributed by atoms with Crippen LogP contribution >= 0.6 is 0 Å². The van der Waals surface area contributed by atoms with Gasteiger partial charge in [0.15, 0.2) is 0 Å². The number of anilines is 2. The highest BCUT2D eigenvalue weighted by Crippen LogP contribution is 2.17. The highest BCUT2D eigenvalue weighted by Gasteiger charge is 2.04. The summed E-state index contributed by atoms with van der Waals surface area (Å²) in [5, 5.41) is 14.9. The lowest BCUT2D eigenvalue weighted by Crippen LogP contribution is -2.07. The maximum Gasteiger partial charge on any atom is 0.134 e. The van der Waals surface area contributed by atoms with Crippen LogP contribution in [0.4, 0.5) is 11.6 Å². The molecule has 3 N–H and O–H groups in total. The molecule has 90 valence electrons. The van der Waals surface area contributed by atoms with Crippen molar-refractivity contribution < 1.29 is 5.11 Å². The van der Waals surface area contributed by atoms with Gasteiger partial charge >= 0.3 is 0 Å². The predicted molar refractivity (Wildman–Crippen MR) is 65.7 cm³/mol. The fourth-order valence-corrected chi connectivity index (χ4v) is 1.50. The molecule has 0 unspecified atom stereocenters. The van der Waals surface area contributed by atoms with E-state index in [4.69, 9.17) is 5.11 Å². The number of aromatic nitrogens is 2. The third-order valence-electron chi connectivity index (χ3n) is 2.45. The summed E-state index contributed by atoms with van der Waals surface area (Å²) in [7, 11) is 1.85. The molecule has 0 saturated carbocycles. The van der Waals surface area contributed by atoms with E-state index >= 15 is 0 Å². The smallest absolute Gasteiger partial charge is 0.134 e. The van der Waals surface area contributed by atoms with Crippen LogP contribution in [0.3, 0.4) is 0 Å². The maximum absolute atomic E-state index is 8.65. The van der Waals surface area contributed by atoms with Crippen molar-refractivity contribution in [2.75, 3.05) is 30.8 Å². The maximum atomic E-state index is 8.65. The van der Waals surface area contributed by atoms with E-state index < -0.39 is 0 Å². The number of rotatable bonds is 7. The number of hydrogen-bond acceptors (Lipinski definition) is 5. The van der Waals surface area contributed by atoms with E-state index in [0.29, 0.717) is 0 Å². The van der Waals surface area contributed by atoms with Gasteiger partial charge in [0.25, 0.3) is 0 Å². The zero-order valence-corrected chi connectivity index (χ0v) is 9.95. The van der Waals surface area contributed by atoms with E-state index in [0.717, 1.165) is 43.0 Å². The van der Waals surface area contributed by atoms with Gasteiger partial charge in [0.1, 0.15) is 18.0 Å². The molecule has 1 heterocycles. The molecule has 0 amide bonds. The average molecular weight is 224 g/mol. The van der Waals surface area contributed by atoms with Crippen molar-refractivity contribution in [2.45, 2.75) is 26.2 Å². The Hall–Kier alpha value is -1.36. The Bertz CT molecular complexity index is 317. The molecule has 5 nitrogen and oxygen atoms in total. The second kappa shape index (κ2) is 7.00. The molecule has 0 aliphatic rings. The largest absolute Gasteiger partial charge is 0.396 e. The van der Waals surface area contributed by atoms with Gasteiger partial charge in [-0.15, -0.1) is 0 Å². The molecule has 0 saturated heterocycles. The summed E-state index contributed by atoms with van der Waals surface area (Å²) in [5.41, 5.74) is 1.03. The van der Waals surface area contributed by atoms with Crippen molar-refractivity contribution in [1.29, 1.82) is 0 Å². The zero-order chi connectivity index (χ0) is 11.8. The van der Waals surface area contributed by atoms with Crippen LogP contribution < -0.4 is 10.6 Å². The molecule has 0 atom stereocenters. The number of nitrogens with one attached hydrogen (secondary N) is 2. The van der Waals surface area contributed by atoms with Gasteiger partial charge < -0.3 is 15.7 Å². The van der Waals surface area contributed by atoms with Gasteiger partial charge in [-0.2, -0.15) is 0 Å². The summed E-state index contributed by atoms with van der Waals surface area (Å²) < 4.78 is 0. The van der Waals surface area contributed by atoms with Crippen LogP contribution in [0.2, 0.25) is 0 Å². The van der Waals surface area contributed by atoms with E-state index in [1.54, 1.807) is 6.33 Å². The van der Waals surface area contributed by atoms with Crippen molar-refractivity contribution in [3.8, 4) is 0 Å². The van der Waals surface area contributed by atoms with Crippen molar-refractivity contribution >= 4 is 11.6 Å². The van der Waals surface area contributed by atoms with Crippen LogP contribution in [-0.4, -0.2) is 35.3 Å². The van der Waals surface area contributed by atoms with Crippen molar-refractivity contribution in [3.63, 3.8) is 0 Å².